The largest absolute Gasteiger partial charge is 0.309 e. The van der Waals surface area contributed by atoms with Gasteiger partial charge in [0, 0.05) is 65.9 Å². The van der Waals surface area contributed by atoms with Gasteiger partial charge in [-0.05, 0) is 83.4 Å². The molecule has 75 heavy (non-hydrogen) atoms. The molecule has 0 aliphatic heterocycles. The summed E-state index contributed by atoms with van der Waals surface area (Å²) in [4.78, 5) is 15.0. The maximum atomic E-state index is 5.03. The average molecular weight is 957 g/mol. The fraction of sp³-hybridized carbons (Fsp3) is 0. The molecule has 11 aromatic carbocycles. The molecule has 6 nitrogen and oxygen atoms in total. The van der Waals surface area contributed by atoms with Gasteiger partial charge in [-0.3, -0.25) is 0 Å². The first-order valence-corrected chi connectivity index (χ1v) is 25.4. The van der Waals surface area contributed by atoms with Crippen LogP contribution in [0.3, 0.4) is 0 Å². The van der Waals surface area contributed by atoms with Crippen LogP contribution in [0.5, 0.6) is 0 Å². The van der Waals surface area contributed by atoms with Gasteiger partial charge in [0.2, 0.25) is 0 Å². The zero-order chi connectivity index (χ0) is 49.4. The molecule has 0 bridgehead atoms. The van der Waals surface area contributed by atoms with Gasteiger partial charge < -0.3 is 13.7 Å². The number of fused-ring (bicyclic) bond motifs is 9. The fourth-order valence-electron chi connectivity index (χ4n) is 11.4. The van der Waals surface area contributed by atoms with Gasteiger partial charge in [-0.1, -0.05) is 200 Å². The van der Waals surface area contributed by atoms with E-state index < -0.39 is 0 Å². The summed E-state index contributed by atoms with van der Waals surface area (Å²) < 4.78 is 7.30. The zero-order valence-electron chi connectivity index (χ0n) is 40.6. The van der Waals surface area contributed by atoms with Gasteiger partial charge in [0.25, 0.3) is 0 Å². The molecule has 0 N–H and O–H groups in total. The Morgan fingerprint density at radius 2 is 0.587 bits per heavy atom. The predicted octanol–water partition coefficient (Wildman–Crippen LogP) is 17.5. The number of rotatable bonds is 8. The van der Waals surface area contributed by atoms with E-state index in [4.69, 9.17) is 15.0 Å². The second-order valence-corrected chi connectivity index (χ2v) is 19.2. The summed E-state index contributed by atoms with van der Waals surface area (Å²) in [5.74, 6) is 1.90. The highest BCUT2D eigenvalue weighted by Crippen LogP contribution is 2.42. The van der Waals surface area contributed by atoms with Gasteiger partial charge in [0.15, 0.2) is 17.5 Å². The van der Waals surface area contributed by atoms with E-state index in [1.807, 2.05) is 60.7 Å². The lowest BCUT2D eigenvalue weighted by molar-refractivity contribution is 1.07. The van der Waals surface area contributed by atoms with E-state index in [9.17, 15) is 0 Å². The van der Waals surface area contributed by atoms with Gasteiger partial charge in [-0.25, -0.2) is 15.0 Å². The molecule has 0 aliphatic rings. The van der Waals surface area contributed by atoms with Crippen molar-refractivity contribution >= 4 is 65.4 Å². The van der Waals surface area contributed by atoms with Gasteiger partial charge in [-0.2, -0.15) is 0 Å². The summed E-state index contributed by atoms with van der Waals surface area (Å²) in [7, 11) is 0. The summed E-state index contributed by atoms with van der Waals surface area (Å²) in [6.45, 7) is 0. The lowest BCUT2D eigenvalue weighted by Gasteiger charge is -2.17. The van der Waals surface area contributed by atoms with Crippen LogP contribution in [-0.2, 0) is 0 Å². The molecule has 15 aromatic rings. The number of benzene rings is 11. The van der Waals surface area contributed by atoms with Crippen molar-refractivity contribution in [3.05, 3.63) is 267 Å². The third kappa shape index (κ3) is 6.99. The molecule has 0 aliphatic carbocycles. The molecule has 0 amide bonds. The van der Waals surface area contributed by atoms with E-state index in [2.05, 4.69) is 220 Å². The van der Waals surface area contributed by atoms with Crippen molar-refractivity contribution < 1.29 is 0 Å². The summed E-state index contributed by atoms with van der Waals surface area (Å²) in [5, 5.41) is 7.34. The van der Waals surface area contributed by atoms with Crippen LogP contribution in [0.15, 0.2) is 267 Å². The molecule has 15 rings (SSSR count). The SMILES string of the molecule is c1ccc(-c2nc(-c3ccccc3)nc(-c3ccc(-c4ccc(-n5c6ccccc6c6ccccc65)c(-c5ccc6c7ccc(-n8c9ccccc9c9ccccc98)cc7n(-c7ccccc7)c6c5)c4)cc3)n2)cc1. The standard InChI is InChI=1S/C69H44N6/c1-4-18-46(19-5-1)67-70-68(47-20-6-2-7-21-47)72-69(71-67)48-34-32-45(33-35-48)49-37-41-64(75-62-30-16-12-26-55(62)56-27-13-17-31-63(56)75)59(42-49)50-36-39-57-58-40-38-52(44-66(58)73(65(57)43-50)51-22-8-3-9-23-51)74-60-28-14-10-24-53(60)54-25-11-15-29-61(54)74/h1-44H. The van der Waals surface area contributed by atoms with Crippen LogP contribution in [0.25, 0.3) is 139 Å². The first-order chi connectivity index (χ1) is 37.2. The fourth-order valence-corrected chi connectivity index (χ4v) is 11.4. The van der Waals surface area contributed by atoms with Crippen LogP contribution in [-0.4, -0.2) is 28.7 Å². The van der Waals surface area contributed by atoms with Crippen molar-refractivity contribution in [3.8, 4) is 73.5 Å². The normalized spacial score (nSPS) is 11.7. The van der Waals surface area contributed by atoms with Crippen molar-refractivity contribution in [2.24, 2.45) is 0 Å². The third-order valence-electron chi connectivity index (χ3n) is 14.9. The number of aromatic nitrogens is 6. The van der Waals surface area contributed by atoms with E-state index in [1.54, 1.807) is 0 Å². The Kier molecular flexibility index (Phi) is 9.78. The van der Waals surface area contributed by atoms with E-state index in [0.29, 0.717) is 17.5 Å². The molecule has 6 heteroatoms. The van der Waals surface area contributed by atoms with Crippen molar-refractivity contribution in [1.29, 1.82) is 0 Å². The average Bonchev–Trinajstić information content (AvgIpc) is 4.13. The molecule has 0 unspecified atom stereocenters. The van der Waals surface area contributed by atoms with E-state index in [1.165, 1.54) is 43.4 Å². The highest BCUT2D eigenvalue weighted by atomic mass is 15.0. The van der Waals surface area contributed by atoms with E-state index in [-0.39, 0.29) is 0 Å². The molecular formula is C69H44N6. The van der Waals surface area contributed by atoms with E-state index >= 15 is 0 Å². The maximum absolute atomic E-state index is 5.03. The predicted molar refractivity (Wildman–Crippen MR) is 310 cm³/mol. The topological polar surface area (TPSA) is 53.5 Å². The van der Waals surface area contributed by atoms with Gasteiger partial charge in [-0.15, -0.1) is 0 Å². The molecule has 0 atom stereocenters. The summed E-state index contributed by atoms with van der Waals surface area (Å²) in [5.41, 5.74) is 17.6. The quantitative estimate of drug-likeness (QED) is 0.152. The molecule has 4 heterocycles. The van der Waals surface area contributed by atoms with Crippen LogP contribution < -0.4 is 0 Å². The number of hydrogen-bond donors (Lipinski definition) is 0. The third-order valence-corrected chi connectivity index (χ3v) is 14.9. The zero-order valence-corrected chi connectivity index (χ0v) is 40.6. The van der Waals surface area contributed by atoms with Crippen molar-refractivity contribution in [2.45, 2.75) is 0 Å². The van der Waals surface area contributed by atoms with Crippen LogP contribution in [0.1, 0.15) is 0 Å². The van der Waals surface area contributed by atoms with Gasteiger partial charge in [0.1, 0.15) is 0 Å². The lowest BCUT2D eigenvalue weighted by Crippen LogP contribution is -2.00. The molecule has 0 spiro atoms. The molecule has 0 saturated carbocycles. The second-order valence-electron chi connectivity index (χ2n) is 19.2. The minimum atomic E-state index is 0.626. The van der Waals surface area contributed by atoms with Crippen LogP contribution >= 0.6 is 0 Å². The Labute approximate surface area is 432 Å². The molecule has 0 saturated heterocycles. The molecular weight excluding hydrogens is 913 g/mol. The molecule has 350 valence electrons. The van der Waals surface area contributed by atoms with Gasteiger partial charge >= 0.3 is 0 Å². The summed E-state index contributed by atoms with van der Waals surface area (Å²) in [6, 6.07) is 95.6. The minimum absolute atomic E-state index is 0.626. The van der Waals surface area contributed by atoms with Crippen LogP contribution in [0.4, 0.5) is 0 Å². The Bertz CT molecular complexity index is 4520. The Morgan fingerprint density at radius 3 is 1.12 bits per heavy atom. The summed E-state index contributed by atoms with van der Waals surface area (Å²) in [6.07, 6.45) is 0. The first-order valence-electron chi connectivity index (χ1n) is 25.4. The van der Waals surface area contributed by atoms with Gasteiger partial charge in [0.05, 0.1) is 38.8 Å². The van der Waals surface area contributed by atoms with Crippen molar-refractivity contribution in [3.63, 3.8) is 0 Å². The second kappa shape index (κ2) is 17.3. The smallest absolute Gasteiger partial charge is 0.164 e. The minimum Gasteiger partial charge on any atom is -0.309 e. The maximum Gasteiger partial charge on any atom is 0.164 e. The summed E-state index contributed by atoms with van der Waals surface area (Å²) >= 11 is 0. The van der Waals surface area contributed by atoms with Crippen LogP contribution in [0.2, 0.25) is 0 Å². The molecule has 0 radical (unpaired) electrons. The van der Waals surface area contributed by atoms with Crippen LogP contribution in [0, 0.1) is 0 Å². The highest BCUT2D eigenvalue weighted by Gasteiger charge is 2.21. The Balaban J connectivity index is 0.921. The van der Waals surface area contributed by atoms with Crippen molar-refractivity contribution in [2.75, 3.05) is 0 Å². The Hall–Kier alpha value is -10.2. The first kappa shape index (κ1) is 42.5. The Morgan fingerprint density at radius 1 is 0.213 bits per heavy atom. The van der Waals surface area contributed by atoms with Crippen molar-refractivity contribution in [1.82, 2.24) is 28.7 Å². The van der Waals surface area contributed by atoms with E-state index in [0.717, 1.165) is 78.1 Å². The monoisotopic (exact) mass is 956 g/mol. The highest BCUT2D eigenvalue weighted by molar-refractivity contribution is 6.13. The molecule has 4 aromatic heterocycles. The number of hydrogen-bond acceptors (Lipinski definition) is 3. The number of para-hydroxylation sites is 5. The number of nitrogens with zero attached hydrogens (tertiary/aromatic N) is 6. The molecule has 0 fully saturated rings. The lowest BCUT2D eigenvalue weighted by atomic mass is 9.95.